The van der Waals surface area contributed by atoms with Crippen molar-refractivity contribution in [2.75, 3.05) is 47.5 Å². The molecule has 68 heavy (non-hydrogen) atoms. The lowest BCUT2D eigenvalue weighted by atomic mass is 10.0. The van der Waals surface area contributed by atoms with E-state index >= 15 is 0 Å². The zero-order valence-corrected chi connectivity index (χ0v) is 45.0. The molecular weight excluding hydrogens is 870 g/mol. The van der Waals surface area contributed by atoms with Crippen LogP contribution in [0.2, 0.25) is 0 Å². The van der Waals surface area contributed by atoms with E-state index in [2.05, 4.69) is 98.9 Å². The van der Waals surface area contributed by atoms with Gasteiger partial charge in [-0.2, -0.15) is 0 Å². The first-order valence-corrected chi connectivity index (χ1v) is 28.5. The molecule has 0 aliphatic rings. The van der Waals surface area contributed by atoms with Crippen molar-refractivity contribution in [1.29, 1.82) is 0 Å². The predicted molar refractivity (Wildman–Crippen MR) is 288 cm³/mol. The summed E-state index contributed by atoms with van der Waals surface area (Å²) in [6.45, 7) is 4.11. The van der Waals surface area contributed by atoms with Crippen LogP contribution in [-0.2, 0) is 32.7 Å². The van der Waals surface area contributed by atoms with Crippen LogP contribution in [0.1, 0.15) is 206 Å². The lowest BCUT2D eigenvalue weighted by Gasteiger charge is -2.24. The quantitative estimate of drug-likeness (QED) is 0.0211. The second-order valence-corrected chi connectivity index (χ2v) is 20.3. The number of carbonyl (C=O) groups is 2. The molecule has 0 fully saturated rings. The van der Waals surface area contributed by atoms with Gasteiger partial charge in [0.25, 0.3) is 0 Å². The first-order valence-electron chi connectivity index (χ1n) is 27.0. The molecule has 0 heterocycles. The summed E-state index contributed by atoms with van der Waals surface area (Å²) in [5.74, 6) is -0.894. The molecule has 9 nitrogen and oxygen atoms in total. The number of quaternary nitrogens is 1. The normalized spacial score (nSPS) is 14.1. The molecule has 0 spiro atoms. The molecule has 2 atom stereocenters. The van der Waals surface area contributed by atoms with Gasteiger partial charge in [0.05, 0.1) is 27.7 Å². The number of nitrogens with zero attached hydrogens (tertiary/aromatic N) is 1. The Morgan fingerprint density at radius 3 is 1.24 bits per heavy atom. The number of carbonyl (C=O) groups excluding carboxylic acids is 2. The van der Waals surface area contributed by atoms with E-state index in [-0.39, 0.29) is 26.1 Å². The molecule has 0 bridgehead atoms. The van der Waals surface area contributed by atoms with Crippen LogP contribution < -0.4 is 0 Å². The van der Waals surface area contributed by atoms with Crippen molar-refractivity contribution in [3.8, 4) is 0 Å². The Labute approximate surface area is 417 Å². The summed E-state index contributed by atoms with van der Waals surface area (Å²) in [7, 11) is 1.43. The predicted octanol–water partition coefficient (Wildman–Crippen LogP) is 16.5. The number of esters is 2. The zero-order valence-electron chi connectivity index (χ0n) is 44.1. The summed E-state index contributed by atoms with van der Waals surface area (Å²) < 4.78 is 34.3. The maximum Gasteiger partial charge on any atom is 0.472 e. The van der Waals surface area contributed by atoms with E-state index in [1.54, 1.807) is 0 Å². The zero-order chi connectivity index (χ0) is 49.9. The second kappa shape index (κ2) is 48.9. The summed E-state index contributed by atoms with van der Waals surface area (Å²) >= 11 is 0. The summed E-state index contributed by atoms with van der Waals surface area (Å²) in [4.78, 5) is 35.5. The smallest absolute Gasteiger partial charge is 0.462 e. The molecule has 0 saturated heterocycles. The third-order valence-corrected chi connectivity index (χ3v) is 12.1. The number of allylic oxidation sites excluding steroid dienone is 16. The molecular formula is C58H101NO8P+. The van der Waals surface area contributed by atoms with Crippen LogP contribution >= 0.6 is 7.82 Å². The summed E-state index contributed by atoms with van der Waals surface area (Å²) in [6, 6.07) is 0. The van der Waals surface area contributed by atoms with Crippen LogP contribution in [0.25, 0.3) is 0 Å². The number of rotatable bonds is 48. The minimum Gasteiger partial charge on any atom is -0.462 e. The highest BCUT2D eigenvalue weighted by molar-refractivity contribution is 7.47. The van der Waals surface area contributed by atoms with Crippen molar-refractivity contribution >= 4 is 19.8 Å². The minimum atomic E-state index is -4.40. The molecule has 0 amide bonds. The molecule has 0 radical (unpaired) electrons. The number of hydrogen-bond donors (Lipinski definition) is 1. The number of likely N-dealkylation sites (N-methyl/N-ethyl adjacent to an activating group) is 1. The summed E-state index contributed by atoms with van der Waals surface area (Å²) in [5, 5.41) is 0. The van der Waals surface area contributed by atoms with Gasteiger partial charge in [0, 0.05) is 12.8 Å². The molecule has 0 aromatic heterocycles. The van der Waals surface area contributed by atoms with Crippen molar-refractivity contribution in [3.63, 3.8) is 0 Å². The first kappa shape index (κ1) is 64.9. The van der Waals surface area contributed by atoms with Gasteiger partial charge < -0.3 is 18.9 Å². The topological polar surface area (TPSA) is 108 Å². The lowest BCUT2D eigenvalue weighted by Crippen LogP contribution is -2.37. The highest BCUT2D eigenvalue weighted by Crippen LogP contribution is 2.43. The van der Waals surface area contributed by atoms with Crippen LogP contribution in [0, 0.1) is 0 Å². The summed E-state index contributed by atoms with van der Waals surface area (Å²) in [6.07, 6.45) is 66.5. The van der Waals surface area contributed by atoms with E-state index < -0.39 is 32.5 Å². The van der Waals surface area contributed by atoms with E-state index in [4.69, 9.17) is 18.5 Å². The Hall–Kier alpha value is -3.07. The van der Waals surface area contributed by atoms with E-state index in [1.165, 1.54) is 96.3 Å². The Morgan fingerprint density at radius 1 is 0.456 bits per heavy atom. The van der Waals surface area contributed by atoms with Crippen LogP contribution in [0.5, 0.6) is 0 Å². The maximum absolute atomic E-state index is 12.8. The fourth-order valence-corrected chi connectivity index (χ4v) is 7.76. The van der Waals surface area contributed by atoms with Gasteiger partial charge in [0.2, 0.25) is 0 Å². The highest BCUT2D eigenvalue weighted by Gasteiger charge is 2.27. The largest absolute Gasteiger partial charge is 0.472 e. The molecule has 390 valence electrons. The number of hydrogen-bond acceptors (Lipinski definition) is 7. The number of ether oxygens (including phenoxy) is 2. The average Bonchev–Trinajstić information content (AvgIpc) is 3.30. The van der Waals surface area contributed by atoms with E-state index in [0.717, 1.165) is 70.6 Å². The molecule has 0 rings (SSSR count). The van der Waals surface area contributed by atoms with Crippen molar-refractivity contribution in [2.24, 2.45) is 0 Å². The van der Waals surface area contributed by atoms with Crippen molar-refractivity contribution in [3.05, 3.63) is 97.2 Å². The number of phosphoric acid groups is 1. The molecule has 1 N–H and O–H groups in total. The van der Waals surface area contributed by atoms with Gasteiger partial charge in [0.1, 0.15) is 19.8 Å². The average molecular weight is 971 g/mol. The van der Waals surface area contributed by atoms with E-state index in [9.17, 15) is 19.0 Å². The van der Waals surface area contributed by atoms with Crippen LogP contribution in [0.3, 0.4) is 0 Å². The number of unbranched alkanes of at least 4 members (excludes halogenated alkanes) is 18. The SMILES string of the molecule is CC/C=C\C/C=C\C/C=C\C/C=C\CCCCCCCCCCCCCCCCCCCCC(=O)OC(COC(=O)CC/C=C\C/C=C\C/C=C\C/C=C\CC)COP(=O)(O)OCC[N+](C)(C)C. The van der Waals surface area contributed by atoms with Gasteiger partial charge >= 0.3 is 19.8 Å². The minimum absolute atomic E-state index is 0.0180. The number of phosphoric ester groups is 1. The molecule has 0 aromatic carbocycles. The molecule has 0 saturated carbocycles. The van der Waals surface area contributed by atoms with Gasteiger partial charge in [-0.25, -0.2) is 4.57 Å². The van der Waals surface area contributed by atoms with Crippen LogP contribution in [0.4, 0.5) is 0 Å². The fraction of sp³-hybridized carbons (Fsp3) is 0.690. The lowest BCUT2D eigenvalue weighted by molar-refractivity contribution is -0.870. The Bertz CT molecular complexity index is 1470. The van der Waals surface area contributed by atoms with Crippen molar-refractivity contribution in [1.82, 2.24) is 0 Å². The van der Waals surface area contributed by atoms with Crippen molar-refractivity contribution in [2.45, 2.75) is 213 Å². The Balaban J connectivity index is 4.11. The van der Waals surface area contributed by atoms with Crippen LogP contribution in [0.15, 0.2) is 97.2 Å². The maximum atomic E-state index is 12.8. The molecule has 0 aromatic rings. The Morgan fingerprint density at radius 2 is 0.824 bits per heavy atom. The monoisotopic (exact) mass is 971 g/mol. The molecule has 10 heteroatoms. The second-order valence-electron chi connectivity index (χ2n) is 18.8. The summed E-state index contributed by atoms with van der Waals surface area (Å²) in [5.41, 5.74) is 0. The van der Waals surface area contributed by atoms with Crippen molar-refractivity contribution < 1.29 is 42.1 Å². The third-order valence-electron chi connectivity index (χ3n) is 11.1. The molecule has 0 aliphatic heterocycles. The van der Waals surface area contributed by atoms with Gasteiger partial charge in [-0.1, -0.05) is 214 Å². The highest BCUT2D eigenvalue weighted by atomic mass is 31.2. The van der Waals surface area contributed by atoms with E-state index in [1.807, 2.05) is 33.3 Å². The van der Waals surface area contributed by atoms with Gasteiger partial charge in [-0.15, -0.1) is 0 Å². The Kier molecular flexibility index (Phi) is 46.7. The molecule has 2 unspecified atom stereocenters. The van der Waals surface area contributed by atoms with Gasteiger partial charge in [-0.3, -0.25) is 18.6 Å². The first-order chi connectivity index (χ1) is 33.0. The van der Waals surface area contributed by atoms with E-state index in [0.29, 0.717) is 23.9 Å². The standard InChI is InChI=1S/C58H100NO8P/c1-6-8-10-12-14-16-18-20-21-22-23-24-25-26-27-28-29-30-31-32-33-34-35-36-37-39-41-43-45-47-49-51-58(61)67-56(55-66-68(62,63)65-53-52-59(3,4)5)54-64-57(60)50-48-46-44-42-40-38-19-17-15-13-11-9-7-2/h8-11,14-17,20-21,23-24,38,40,44,46,56H,6-7,12-13,18-19,22,25-37,39,41-43,45,47-55H2,1-5H3/p+1/b10-8-,11-9-,16-14-,17-15-,21-20-,24-23-,40-38-,46-44-. The third kappa shape index (κ3) is 52.3. The molecule has 0 aliphatic carbocycles. The fourth-order valence-electron chi connectivity index (χ4n) is 7.02. The van der Waals surface area contributed by atoms with Gasteiger partial charge in [-0.05, 0) is 77.0 Å². The van der Waals surface area contributed by atoms with Gasteiger partial charge in [0.15, 0.2) is 6.10 Å². The van der Waals surface area contributed by atoms with Crippen LogP contribution in [-0.4, -0.2) is 74.9 Å².